The van der Waals surface area contributed by atoms with Gasteiger partial charge in [-0.05, 0) is 6.42 Å². The van der Waals surface area contributed by atoms with Crippen molar-refractivity contribution in [3.05, 3.63) is 6.20 Å². The number of carbonyl (C=O) groups is 1. The van der Waals surface area contributed by atoms with Gasteiger partial charge in [0.15, 0.2) is 5.82 Å². The van der Waals surface area contributed by atoms with Crippen LogP contribution in [0.1, 0.15) is 6.42 Å². The average molecular weight is 209 g/mol. The van der Waals surface area contributed by atoms with Gasteiger partial charge in [0.25, 0.3) is 0 Å². The second kappa shape index (κ2) is 3.45. The molecule has 0 spiro atoms. The minimum absolute atomic E-state index is 0.0973. The number of likely N-dealkylation sites (tertiary alicyclic amines) is 1. The molecule has 1 aliphatic heterocycles. The van der Waals surface area contributed by atoms with E-state index >= 15 is 0 Å². The molecule has 0 bridgehead atoms. The number of carbonyl (C=O) groups excluding carboxylic acids is 1. The monoisotopic (exact) mass is 209 g/mol. The van der Waals surface area contributed by atoms with E-state index in [0.717, 1.165) is 13.0 Å². The lowest BCUT2D eigenvalue weighted by molar-refractivity contribution is -0.127. The molecule has 0 aliphatic carbocycles. The van der Waals surface area contributed by atoms with E-state index in [-0.39, 0.29) is 11.9 Å². The third-order valence-corrected chi connectivity index (χ3v) is 2.60. The molecule has 0 radical (unpaired) electrons. The Kier molecular flexibility index (Phi) is 2.26. The molecule has 1 amide bonds. The van der Waals surface area contributed by atoms with Gasteiger partial charge in [-0.1, -0.05) is 0 Å². The molecule has 1 fully saturated rings. The first-order valence-corrected chi connectivity index (χ1v) is 4.88. The Bertz CT molecular complexity index is 386. The fourth-order valence-corrected chi connectivity index (χ4v) is 1.74. The van der Waals surface area contributed by atoms with Crippen molar-refractivity contribution in [1.29, 1.82) is 0 Å². The van der Waals surface area contributed by atoms with Gasteiger partial charge in [-0.15, -0.1) is 0 Å². The Balaban J connectivity index is 2.09. The van der Waals surface area contributed by atoms with E-state index in [4.69, 9.17) is 5.73 Å². The van der Waals surface area contributed by atoms with Crippen LogP contribution >= 0.6 is 0 Å². The van der Waals surface area contributed by atoms with Gasteiger partial charge in [0.1, 0.15) is 6.04 Å². The summed E-state index contributed by atoms with van der Waals surface area (Å²) < 4.78 is 1.63. The quantitative estimate of drug-likeness (QED) is 0.697. The summed E-state index contributed by atoms with van der Waals surface area (Å²) in [6.45, 7) is 0.781. The van der Waals surface area contributed by atoms with Gasteiger partial charge >= 0.3 is 0 Å². The van der Waals surface area contributed by atoms with Crippen LogP contribution in [0, 0.1) is 0 Å². The lowest BCUT2D eigenvalue weighted by atomic mass is 10.2. The first kappa shape index (κ1) is 9.82. The van der Waals surface area contributed by atoms with Gasteiger partial charge in [0.2, 0.25) is 5.91 Å². The van der Waals surface area contributed by atoms with Gasteiger partial charge in [-0.25, -0.2) is 0 Å². The number of nitrogens with zero attached hydrogens (tertiary/aromatic N) is 3. The van der Waals surface area contributed by atoms with Crippen LogP contribution in [-0.2, 0) is 11.8 Å². The number of rotatable bonds is 2. The van der Waals surface area contributed by atoms with Crippen LogP contribution in [0.5, 0.6) is 0 Å². The smallest absolute Gasteiger partial charge is 0.244 e. The van der Waals surface area contributed by atoms with Crippen LogP contribution in [0.25, 0.3) is 0 Å². The van der Waals surface area contributed by atoms with E-state index in [1.165, 1.54) is 0 Å². The molecule has 6 nitrogen and oxygen atoms in total. The molecule has 1 aliphatic rings. The maximum absolute atomic E-state index is 11.6. The maximum Gasteiger partial charge on any atom is 0.244 e. The van der Waals surface area contributed by atoms with E-state index in [2.05, 4.69) is 10.4 Å². The number of hydrogen-bond acceptors (Lipinski definition) is 4. The molecule has 6 heteroatoms. The Morgan fingerprint density at radius 1 is 1.60 bits per heavy atom. The number of anilines is 2. The minimum Gasteiger partial charge on any atom is -0.394 e. The predicted molar refractivity (Wildman–Crippen MR) is 57.3 cm³/mol. The molecular formula is C9H15N5O. The molecule has 1 saturated heterocycles. The number of likely N-dealkylation sites (N-methyl/N-ethyl adjacent to an activating group) is 1. The van der Waals surface area contributed by atoms with Gasteiger partial charge in [-0.3, -0.25) is 9.48 Å². The lowest BCUT2D eigenvalue weighted by Crippen LogP contribution is -2.31. The summed E-state index contributed by atoms with van der Waals surface area (Å²) in [4.78, 5) is 13.3. The molecule has 2 heterocycles. The standard InChI is InChI=1S/C9H15N5O/c1-13-4-3-7(9(13)15)11-8-6(10)5-14(2)12-8/h5,7H,3-4,10H2,1-2H3,(H,11,12). The topological polar surface area (TPSA) is 76.2 Å². The number of hydrogen-bond donors (Lipinski definition) is 2. The zero-order chi connectivity index (χ0) is 11.0. The fourth-order valence-electron chi connectivity index (χ4n) is 1.74. The van der Waals surface area contributed by atoms with Gasteiger partial charge in [0.05, 0.1) is 5.69 Å². The van der Waals surface area contributed by atoms with Crippen molar-refractivity contribution in [3.8, 4) is 0 Å². The van der Waals surface area contributed by atoms with Crippen LogP contribution in [0.2, 0.25) is 0 Å². The average Bonchev–Trinajstić information content (AvgIpc) is 2.64. The third-order valence-electron chi connectivity index (χ3n) is 2.60. The summed E-state index contributed by atoms with van der Waals surface area (Å²) >= 11 is 0. The first-order valence-electron chi connectivity index (χ1n) is 4.88. The van der Waals surface area contributed by atoms with Crippen LogP contribution in [-0.4, -0.2) is 40.2 Å². The Morgan fingerprint density at radius 3 is 2.80 bits per heavy atom. The Labute approximate surface area is 88.0 Å². The predicted octanol–water partition coefficient (Wildman–Crippen LogP) is -0.355. The molecule has 3 N–H and O–H groups in total. The number of nitrogen functional groups attached to an aromatic ring is 1. The summed E-state index contributed by atoms with van der Waals surface area (Å²) in [7, 11) is 3.59. The summed E-state index contributed by atoms with van der Waals surface area (Å²) in [6, 6.07) is -0.188. The Hall–Kier alpha value is -1.72. The van der Waals surface area contributed by atoms with E-state index in [9.17, 15) is 4.79 Å². The van der Waals surface area contributed by atoms with Crippen molar-refractivity contribution < 1.29 is 4.79 Å². The minimum atomic E-state index is -0.188. The van der Waals surface area contributed by atoms with Crippen LogP contribution in [0.3, 0.4) is 0 Å². The highest BCUT2D eigenvalue weighted by Gasteiger charge is 2.29. The van der Waals surface area contributed by atoms with Crippen molar-refractivity contribution in [2.75, 3.05) is 24.6 Å². The number of amides is 1. The zero-order valence-corrected chi connectivity index (χ0v) is 8.90. The highest BCUT2D eigenvalue weighted by Crippen LogP contribution is 2.19. The number of aromatic nitrogens is 2. The van der Waals surface area contributed by atoms with Gasteiger partial charge in [0, 0.05) is 26.8 Å². The summed E-state index contributed by atoms with van der Waals surface area (Å²) in [5, 5.41) is 7.20. The summed E-state index contributed by atoms with van der Waals surface area (Å²) in [6.07, 6.45) is 2.51. The molecule has 1 aromatic rings. The van der Waals surface area contributed by atoms with Crippen molar-refractivity contribution >= 4 is 17.4 Å². The molecule has 1 atom stereocenters. The van der Waals surface area contributed by atoms with E-state index in [1.54, 1.807) is 29.9 Å². The molecule has 82 valence electrons. The van der Waals surface area contributed by atoms with Crippen LogP contribution in [0.15, 0.2) is 6.20 Å². The number of nitrogens with one attached hydrogen (secondary N) is 1. The molecule has 0 saturated carbocycles. The summed E-state index contributed by atoms with van der Waals surface area (Å²) in [5.41, 5.74) is 6.30. The molecule has 1 unspecified atom stereocenters. The van der Waals surface area contributed by atoms with E-state index in [0.29, 0.717) is 11.5 Å². The summed E-state index contributed by atoms with van der Waals surface area (Å²) in [5.74, 6) is 0.686. The first-order chi connectivity index (χ1) is 7.08. The number of aryl methyl sites for hydroxylation is 1. The Morgan fingerprint density at radius 2 is 2.33 bits per heavy atom. The highest BCUT2D eigenvalue weighted by atomic mass is 16.2. The van der Waals surface area contributed by atoms with Crippen molar-refractivity contribution in [1.82, 2.24) is 14.7 Å². The molecule has 0 aromatic carbocycles. The van der Waals surface area contributed by atoms with Crippen molar-refractivity contribution in [2.24, 2.45) is 7.05 Å². The largest absolute Gasteiger partial charge is 0.394 e. The fraction of sp³-hybridized carbons (Fsp3) is 0.556. The lowest BCUT2D eigenvalue weighted by Gasteiger charge is -2.11. The van der Waals surface area contributed by atoms with Crippen LogP contribution in [0.4, 0.5) is 11.5 Å². The van der Waals surface area contributed by atoms with E-state index in [1.807, 2.05) is 0 Å². The van der Waals surface area contributed by atoms with Crippen LogP contribution < -0.4 is 11.1 Å². The maximum atomic E-state index is 11.6. The number of nitrogens with two attached hydrogens (primary N) is 1. The third kappa shape index (κ3) is 1.74. The molecule has 1 aromatic heterocycles. The molecule has 15 heavy (non-hydrogen) atoms. The molecule has 2 rings (SSSR count). The second-order valence-electron chi connectivity index (χ2n) is 3.85. The second-order valence-corrected chi connectivity index (χ2v) is 3.85. The van der Waals surface area contributed by atoms with Crippen molar-refractivity contribution in [3.63, 3.8) is 0 Å². The van der Waals surface area contributed by atoms with Crippen molar-refractivity contribution in [2.45, 2.75) is 12.5 Å². The SMILES string of the molecule is CN1CCC(Nc2nn(C)cc2N)C1=O. The normalized spacial score (nSPS) is 21.1. The zero-order valence-electron chi connectivity index (χ0n) is 8.90. The highest BCUT2D eigenvalue weighted by molar-refractivity contribution is 5.87. The van der Waals surface area contributed by atoms with Gasteiger partial charge < -0.3 is 16.0 Å². The van der Waals surface area contributed by atoms with E-state index < -0.39 is 0 Å². The van der Waals surface area contributed by atoms with Gasteiger partial charge in [-0.2, -0.15) is 5.10 Å². The molecular weight excluding hydrogens is 194 g/mol.